The second-order valence-electron chi connectivity index (χ2n) is 4.47. The molecule has 2 aromatic heterocycles. The molecule has 98 valence electrons. The molecule has 1 atom stereocenters. The van der Waals surface area contributed by atoms with Crippen molar-refractivity contribution in [3.05, 3.63) is 22.9 Å². The van der Waals surface area contributed by atoms with E-state index in [0.717, 1.165) is 22.5 Å². The van der Waals surface area contributed by atoms with E-state index in [-0.39, 0.29) is 6.10 Å². The molecule has 0 aliphatic carbocycles. The molecule has 1 N–H and O–H groups in total. The summed E-state index contributed by atoms with van der Waals surface area (Å²) in [5, 5.41) is 7.44. The Morgan fingerprint density at radius 1 is 1.50 bits per heavy atom. The molecule has 0 saturated carbocycles. The largest absolute Gasteiger partial charge is 0.379 e. The Morgan fingerprint density at radius 3 is 2.94 bits per heavy atom. The van der Waals surface area contributed by atoms with Crippen molar-refractivity contribution in [3.63, 3.8) is 0 Å². The highest BCUT2D eigenvalue weighted by molar-refractivity contribution is 9.10. The van der Waals surface area contributed by atoms with Crippen LogP contribution in [0.15, 0.2) is 22.9 Å². The maximum Gasteiger partial charge on any atom is 0.171 e. The van der Waals surface area contributed by atoms with Crippen LogP contribution in [0.4, 0.5) is 5.82 Å². The zero-order chi connectivity index (χ0) is 13.1. The van der Waals surface area contributed by atoms with E-state index in [1.54, 1.807) is 17.8 Å². The summed E-state index contributed by atoms with van der Waals surface area (Å²) in [5.74, 6) is 1.29. The molecule has 0 amide bonds. The van der Waals surface area contributed by atoms with E-state index in [1.165, 1.54) is 0 Å². The average Bonchev–Trinajstić information content (AvgIpc) is 2.71. The van der Waals surface area contributed by atoms with Crippen molar-refractivity contribution in [2.45, 2.75) is 20.0 Å². The molecule has 0 aliphatic heterocycles. The maximum absolute atomic E-state index is 5.41. The lowest BCUT2D eigenvalue weighted by molar-refractivity contribution is 0.0754. The lowest BCUT2D eigenvalue weighted by Crippen LogP contribution is -2.27. The fraction of sp³-hybridized carbons (Fsp3) is 0.500. The molecule has 6 heteroatoms. The van der Waals surface area contributed by atoms with Crippen molar-refractivity contribution in [3.8, 4) is 0 Å². The van der Waals surface area contributed by atoms with Crippen LogP contribution in [0.5, 0.6) is 0 Å². The summed E-state index contributed by atoms with van der Waals surface area (Å²) in [6.07, 6.45) is 3.79. The number of nitrogens with zero attached hydrogens (tertiary/aromatic N) is 3. The van der Waals surface area contributed by atoms with Gasteiger partial charge in [0.25, 0.3) is 0 Å². The van der Waals surface area contributed by atoms with Gasteiger partial charge in [0, 0.05) is 19.9 Å². The smallest absolute Gasteiger partial charge is 0.171 e. The molecule has 0 aromatic carbocycles. The van der Waals surface area contributed by atoms with Crippen molar-refractivity contribution in [2.24, 2.45) is 5.92 Å². The number of methoxy groups -OCH3 is 1. The Balaban J connectivity index is 2.09. The molecular weight excluding hydrogens is 296 g/mol. The first-order valence-corrected chi connectivity index (χ1v) is 6.67. The topological polar surface area (TPSA) is 51.5 Å². The zero-order valence-electron chi connectivity index (χ0n) is 10.7. The van der Waals surface area contributed by atoms with Crippen LogP contribution in [0.1, 0.15) is 13.8 Å². The summed E-state index contributed by atoms with van der Waals surface area (Å²) in [5.41, 5.74) is 0.804. The summed E-state index contributed by atoms with van der Waals surface area (Å²) in [6.45, 7) is 5.02. The normalized spacial score (nSPS) is 13.2. The zero-order valence-corrected chi connectivity index (χ0v) is 12.3. The third-order valence-electron chi connectivity index (χ3n) is 2.86. The van der Waals surface area contributed by atoms with Gasteiger partial charge < -0.3 is 10.1 Å². The van der Waals surface area contributed by atoms with Gasteiger partial charge in [0.05, 0.1) is 16.8 Å². The number of halogens is 1. The van der Waals surface area contributed by atoms with Crippen LogP contribution in [0, 0.1) is 5.92 Å². The van der Waals surface area contributed by atoms with E-state index in [9.17, 15) is 0 Å². The maximum atomic E-state index is 5.41. The van der Waals surface area contributed by atoms with Gasteiger partial charge in [0.2, 0.25) is 0 Å². The molecule has 0 radical (unpaired) electrons. The van der Waals surface area contributed by atoms with Crippen LogP contribution < -0.4 is 5.32 Å². The van der Waals surface area contributed by atoms with E-state index in [1.807, 2.05) is 12.3 Å². The van der Waals surface area contributed by atoms with Crippen molar-refractivity contribution in [1.82, 2.24) is 14.6 Å². The average molecular weight is 313 g/mol. The molecular formula is C12H17BrN4O. The number of aromatic nitrogens is 3. The van der Waals surface area contributed by atoms with Gasteiger partial charge in [0.1, 0.15) is 5.82 Å². The Hall–Kier alpha value is -1.14. The van der Waals surface area contributed by atoms with Gasteiger partial charge in [-0.15, -0.1) is 0 Å². The first-order valence-electron chi connectivity index (χ1n) is 5.88. The van der Waals surface area contributed by atoms with Gasteiger partial charge >= 0.3 is 0 Å². The monoisotopic (exact) mass is 312 g/mol. The predicted molar refractivity (Wildman–Crippen MR) is 74.8 cm³/mol. The third kappa shape index (κ3) is 2.81. The van der Waals surface area contributed by atoms with Crippen molar-refractivity contribution in [2.75, 3.05) is 19.0 Å². The molecule has 0 bridgehead atoms. The van der Waals surface area contributed by atoms with Gasteiger partial charge in [-0.05, 0) is 27.9 Å². The minimum absolute atomic E-state index is 0.177. The van der Waals surface area contributed by atoms with E-state index >= 15 is 0 Å². The highest BCUT2D eigenvalue weighted by Crippen LogP contribution is 2.17. The number of rotatable bonds is 5. The van der Waals surface area contributed by atoms with Crippen LogP contribution in [-0.2, 0) is 4.74 Å². The number of nitrogens with one attached hydrogen (secondary N) is 1. The van der Waals surface area contributed by atoms with E-state index in [4.69, 9.17) is 4.74 Å². The highest BCUT2D eigenvalue weighted by Gasteiger charge is 2.12. The minimum atomic E-state index is 0.177. The second-order valence-corrected chi connectivity index (χ2v) is 5.33. The molecule has 1 unspecified atom stereocenters. The van der Waals surface area contributed by atoms with Gasteiger partial charge in [-0.25, -0.2) is 9.50 Å². The molecule has 2 heterocycles. The fourth-order valence-electron chi connectivity index (χ4n) is 1.74. The summed E-state index contributed by atoms with van der Waals surface area (Å²) in [4.78, 5) is 4.49. The van der Waals surface area contributed by atoms with Crippen LogP contribution in [-0.4, -0.2) is 34.4 Å². The molecule has 2 rings (SSSR count). The molecule has 0 saturated heterocycles. The van der Waals surface area contributed by atoms with Gasteiger partial charge in [0.15, 0.2) is 5.65 Å². The van der Waals surface area contributed by atoms with Gasteiger partial charge in [-0.1, -0.05) is 13.8 Å². The number of hydrogen-bond acceptors (Lipinski definition) is 4. The minimum Gasteiger partial charge on any atom is -0.379 e. The van der Waals surface area contributed by atoms with Crippen molar-refractivity contribution in [1.29, 1.82) is 0 Å². The number of ether oxygens (including phenoxy) is 1. The van der Waals surface area contributed by atoms with Crippen LogP contribution in [0.2, 0.25) is 0 Å². The molecule has 0 fully saturated rings. The Morgan fingerprint density at radius 2 is 2.28 bits per heavy atom. The van der Waals surface area contributed by atoms with Crippen LogP contribution in [0.3, 0.4) is 0 Å². The lowest BCUT2D eigenvalue weighted by atomic mass is 10.1. The molecule has 2 aromatic rings. The Kier molecular flexibility index (Phi) is 4.19. The molecule has 0 aliphatic rings. The standard InChI is InChI=1S/C12H17BrN4O/c1-8(2)10(18-3)7-14-11-4-5-17-12(16-11)9(13)6-15-17/h4-6,8,10H,7H2,1-3H3,(H,14,16). The summed E-state index contributed by atoms with van der Waals surface area (Å²) in [6, 6.07) is 1.90. The Bertz CT molecular complexity index is 526. The lowest BCUT2D eigenvalue weighted by Gasteiger charge is -2.19. The highest BCUT2D eigenvalue weighted by atomic mass is 79.9. The molecule has 0 spiro atoms. The fourth-order valence-corrected chi connectivity index (χ4v) is 2.10. The molecule has 18 heavy (non-hydrogen) atoms. The second kappa shape index (κ2) is 5.67. The van der Waals surface area contributed by atoms with Crippen molar-refractivity contribution < 1.29 is 4.74 Å². The van der Waals surface area contributed by atoms with E-state index in [0.29, 0.717) is 5.92 Å². The van der Waals surface area contributed by atoms with E-state index in [2.05, 4.69) is 45.2 Å². The Labute approximate surface area is 115 Å². The van der Waals surface area contributed by atoms with Gasteiger partial charge in [-0.2, -0.15) is 5.10 Å². The van der Waals surface area contributed by atoms with Crippen molar-refractivity contribution >= 4 is 27.4 Å². The summed E-state index contributed by atoms with van der Waals surface area (Å²) < 4.78 is 8.03. The first-order chi connectivity index (χ1) is 8.61. The number of anilines is 1. The molecule has 5 nitrogen and oxygen atoms in total. The predicted octanol–water partition coefficient (Wildman–Crippen LogP) is 2.57. The van der Waals surface area contributed by atoms with E-state index < -0.39 is 0 Å². The number of hydrogen-bond donors (Lipinski definition) is 1. The number of fused-ring (bicyclic) bond motifs is 1. The third-order valence-corrected chi connectivity index (χ3v) is 3.42. The summed E-state index contributed by atoms with van der Waals surface area (Å²) in [7, 11) is 1.73. The van der Waals surface area contributed by atoms with Crippen LogP contribution >= 0.6 is 15.9 Å². The quantitative estimate of drug-likeness (QED) is 0.922. The van der Waals surface area contributed by atoms with Crippen LogP contribution in [0.25, 0.3) is 5.65 Å². The first kappa shape index (κ1) is 13.3. The van der Waals surface area contributed by atoms with Gasteiger partial charge in [-0.3, -0.25) is 0 Å². The summed E-state index contributed by atoms with van der Waals surface area (Å²) >= 11 is 3.42. The SMILES string of the molecule is COC(CNc1ccn2ncc(Br)c2n1)C(C)C.